The Bertz CT molecular complexity index is 2060. The van der Waals surface area contributed by atoms with Crippen LogP contribution >= 0.6 is 11.6 Å². The molecule has 47 heavy (non-hydrogen) atoms. The molecule has 4 aromatic rings. The Kier molecular flexibility index (Phi) is 6.67. The Morgan fingerprint density at radius 3 is 2.40 bits per heavy atom. The highest BCUT2D eigenvalue weighted by molar-refractivity contribution is 6.31. The number of allylic oxidation sites excluding steroid dienone is 2. The Morgan fingerprint density at radius 1 is 0.894 bits per heavy atom. The number of phenolic OH excluding ortho intramolecular Hbond substituents is 1. The average molecular weight is 649 g/mol. The summed E-state index contributed by atoms with van der Waals surface area (Å²) in [7, 11) is 0. The molecule has 2 saturated heterocycles. The molecular weight excluding hydrogens is 619 g/mol. The number of benzene rings is 4. The van der Waals surface area contributed by atoms with Crippen molar-refractivity contribution in [3.8, 4) is 5.75 Å². The second-order valence-corrected chi connectivity index (χ2v) is 13.6. The van der Waals surface area contributed by atoms with E-state index >= 15 is 0 Å². The molecule has 6 unspecified atom stereocenters. The van der Waals surface area contributed by atoms with Crippen molar-refractivity contribution in [3.05, 3.63) is 119 Å². The molecule has 2 heterocycles. The van der Waals surface area contributed by atoms with Gasteiger partial charge in [-0.3, -0.25) is 24.1 Å². The number of amides is 4. The largest absolute Gasteiger partial charge is 0.508 e. The lowest BCUT2D eigenvalue weighted by Crippen LogP contribution is -2.49. The molecule has 4 amide bonds. The zero-order valence-corrected chi connectivity index (χ0v) is 26.2. The number of anilines is 1. The number of halogens is 2. The SMILES string of the molecule is CC12C(=O)N(c3ccc(F)c(Cl)c3)C(=O)C1CC1C(=CCC3C(=O)N(Cc4ccccc4)C(=O)C31)C2c1c(O)ccc2ccccc12. The van der Waals surface area contributed by atoms with Crippen LogP contribution in [0.1, 0.15) is 36.8 Å². The summed E-state index contributed by atoms with van der Waals surface area (Å²) >= 11 is 6.11. The van der Waals surface area contributed by atoms with Gasteiger partial charge in [0.05, 0.1) is 40.4 Å². The van der Waals surface area contributed by atoms with E-state index in [1.54, 1.807) is 19.1 Å². The molecule has 236 valence electrons. The van der Waals surface area contributed by atoms with E-state index in [-0.39, 0.29) is 41.2 Å². The minimum Gasteiger partial charge on any atom is -0.508 e. The van der Waals surface area contributed by atoms with Crippen molar-refractivity contribution in [1.82, 2.24) is 4.90 Å². The molecule has 8 rings (SSSR count). The molecule has 0 aromatic heterocycles. The summed E-state index contributed by atoms with van der Waals surface area (Å²) in [6, 6.07) is 24.0. The van der Waals surface area contributed by atoms with Crippen LogP contribution in [0.3, 0.4) is 0 Å². The summed E-state index contributed by atoms with van der Waals surface area (Å²) in [5.74, 6) is -5.73. The Labute approximate surface area is 275 Å². The van der Waals surface area contributed by atoms with Crippen LogP contribution in [0.15, 0.2) is 96.6 Å². The first kappa shape index (κ1) is 29.6. The van der Waals surface area contributed by atoms with E-state index in [9.17, 15) is 28.7 Å². The van der Waals surface area contributed by atoms with Crippen molar-refractivity contribution in [3.63, 3.8) is 0 Å². The van der Waals surface area contributed by atoms with E-state index < -0.39 is 52.6 Å². The first-order valence-electron chi connectivity index (χ1n) is 15.7. The molecule has 1 saturated carbocycles. The number of fused-ring (bicyclic) bond motifs is 5. The second-order valence-electron chi connectivity index (χ2n) is 13.2. The monoisotopic (exact) mass is 648 g/mol. The van der Waals surface area contributed by atoms with Gasteiger partial charge in [0.2, 0.25) is 23.6 Å². The van der Waals surface area contributed by atoms with Crippen LogP contribution in [-0.4, -0.2) is 33.6 Å². The third-order valence-corrected chi connectivity index (χ3v) is 11.2. The Balaban J connectivity index is 1.30. The number of nitrogens with zero attached hydrogens (tertiary/aromatic N) is 2. The Morgan fingerprint density at radius 2 is 1.64 bits per heavy atom. The number of carbonyl (C=O) groups excluding carboxylic acids is 4. The van der Waals surface area contributed by atoms with E-state index in [1.807, 2.05) is 60.7 Å². The highest BCUT2D eigenvalue weighted by Crippen LogP contribution is 2.65. The topological polar surface area (TPSA) is 95.0 Å². The van der Waals surface area contributed by atoms with Gasteiger partial charge in [0.1, 0.15) is 11.6 Å². The van der Waals surface area contributed by atoms with Crippen LogP contribution in [0.25, 0.3) is 10.8 Å². The number of aromatic hydroxyl groups is 1. The number of hydrogen-bond donors (Lipinski definition) is 1. The number of likely N-dealkylation sites (tertiary alicyclic amines) is 1. The maximum Gasteiger partial charge on any atom is 0.241 e. The van der Waals surface area contributed by atoms with E-state index in [4.69, 9.17) is 11.6 Å². The zero-order chi connectivity index (χ0) is 32.8. The van der Waals surface area contributed by atoms with Gasteiger partial charge in [0.25, 0.3) is 0 Å². The van der Waals surface area contributed by atoms with Crippen LogP contribution in [-0.2, 0) is 25.7 Å². The summed E-state index contributed by atoms with van der Waals surface area (Å²) in [6.45, 7) is 1.90. The van der Waals surface area contributed by atoms with Gasteiger partial charge in [-0.15, -0.1) is 0 Å². The fourth-order valence-corrected chi connectivity index (χ4v) is 8.94. The number of phenols is 1. The van der Waals surface area contributed by atoms with Gasteiger partial charge in [0.15, 0.2) is 0 Å². The molecule has 4 aromatic carbocycles. The minimum absolute atomic E-state index is 0.0274. The van der Waals surface area contributed by atoms with Gasteiger partial charge in [-0.25, -0.2) is 9.29 Å². The molecule has 9 heteroatoms. The normalized spacial score (nSPS) is 28.4. The third-order valence-electron chi connectivity index (χ3n) is 10.9. The second kappa shape index (κ2) is 10.6. The van der Waals surface area contributed by atoms with Gasteiger partial charge in [-0.05, 0) is 66.3 Å². The summed E-state index contributed by atoms with van der Waals surface area (Å²) < 4.78 is 14.2. The van der Waals surface area contributed by atoms with E-state index in [0.29, 0.717) is 12.0 Å². The summed E-state index contributed by atoms with van der Waals surface area (Å²) in [5, 5.41) is 12.9. The highest BCUT2D eigenvalue weighted by atomic mass is 35.5. The fraction of sp³-hybridized carbons (Fsp3) is 0.263. The minimum atomic E-state index is -1.37. The lowest BCUT2D eigenvalue weighted by atomic mass is 9.51. The zero-order valence-electron chi connectivity index (χ0n) is 25.4. The maximum absolute atomic E-state index is 14.7. The lowest BCUT2D eigenvalue weighted by Gasteiger charge is -2.49. The molecule has 0 bridgehead atoms. The van der Waals surface area contributed by atoms with Crippen LogP contribution in [0.2, 0.25) is 5.02 Å². The Hall–Kier alpha value is -4.82. The van der Waals surface area contributed by atoms with Crippen molar-refractivity contribution in [1.29, 1.82) is 0 Å². The van der Waals surface area contributed by atoms with Gasteiger partial charge >= 0.3 is 0 Å². The van der Waals surface area contributed by atoms with E-state index in [2.05, 4.69) is 0 Å². The molecule has 3 fully saturated rings. The number of imide groups is 2. The quantitative estimate of drug-likeness (QED) is 0.195. The predicted octanol–water partition coefficient (Wildman–Crippen LogP) is 6.77. The molecule has 0 spiro atoms. The average Bonchev–Trinajstić information content (AvgIpc) is 3.42. The maximum atomic E-state index is 14.7. The van der Waals surface area contributed by atoms with Crippen LogP contribution in [0, 0.1) is 34.9 Å². The van der Waals surface area contributed by atoms with Gasteiger partial charge in [0, 0.05) is 11.5 Å². The summed E-state index contributed by atoms with van der Waals surface area (Å²) in [6.07, 6.45) is 2.43. The smallest absolute Gasteiger partial charge is 0.241 e. The highest BCUT2D eigenvalue weighted by Gasteiger charge is 2.68. The number of carbonyl (C=O) groups is 4. The molecular formula is C38H30ClFN2O5. The van der Waals surface area contributed by atoms with Gasteiger partial charge in [-0.2, -0.15) is 0 Å². The van der Waals surface area contributed by atoms with Gasteiger partial charge < -0.3 is 5.11 Å². The molecule has 2 aliphatic heterocycles. The molecule has 7 nitrogen and oxygen atoms in total. The molecule has 2 aliphatic carbocycles. The van der Waals surface area contributed by atoms with Crippen LogP contribution < -0.4 is 4.90 Å². The van der Waals surface area contributed by atoms with Crippen molar-refractivity contribution in [2.24, 2.45) is 29.1 Å². The summed E-state index contributed by atoms with van der Waals surface area (Å²) in [5.41, 5.74) is 0.895. The standard InChI is InChI=1S/C38H30ClFN2O5/c1-38-27(35(45)42(37(38)47)22-12-15-29(40)28(39)17-22)18-26-24(33(38)32-23-10-6-5-9-21(23)11-16-30(32)43)13-14-25-31(26)36(46)41(34(25)44)19-20-7-3-2-4-8-20/h2-13,15-17,25-27,31,33,43H,14,18-19H2,1H3. The van der Waals surface area contributed by atoms with E-state index in [0.717, 1.165) is 32.9 Å². The number of rotatable bonds is 4. The van der Waals surface area contributed by atoms with Crippen molar-refractivity contribution in [2.75, 3.05) is 4.90 Å². The molecule has 4 aliphatic rings. The van der Waals surface area contributed by atoms with Gasteiger partial charge in [-0.1, -0.05) is 83.9 Å². The van der Waals surface area contributed by atoms with Crippen molar-refractivity contribution < 1.29 is 28.7 Å². The fourth-order valence-electron chi connectivity index (χ4n) is 8.77. The first-order valence-corrected chi connectivity index (χ1v) is 16.1. The molecule has 1 N–H and O–H groups in total. The van der Waals surface area contributed by atoms with Crippen molar-refractivity contribution in [2.45, 2.75) is 32.2 Å². The van der Waals surface area contributed by atoms with E-state index in [1.165, 1.54) is 17.0 Å². The molecule has 0 radical (unpaired) electrons. The molecule has 6 atom stereocenters. The first-order chi connectivity index (χ1) is 22.6. The van der Waals surface area contributed by atoms with Crippen molar-refractivity contribution >= 4 is 51.7 Å². The predicted molar refractivity (Wildman–Crippen MR) is 174 cm³/mol. The number of hydrogen-bond acceptors (Lipinski definition) is 5. The lowest BCUT2D eigenvalue weighted by molar-refractivity contribution is -0.141. The van der Waals surface area contributed by atoms with Crippen LogP contribution in [0.5, 0.6) is 5.75 Å². The third kappa shape index (κ3) is 4.17. The van der Waals surface area contributed by atoms with Crippen LogP contribution in [0.4, 0.5) is 10.1 Å². The summed E-state index contributed by atoms with van der Waals surface area (Å²) in [4.78, 5) is 59.5.